The minimum absolute atomic E-state index is 0.514. The minimum atomic E-state index is 0.514. The Bertz CT molecular complexity index is 656. The number of aryl methyl sites for hydroxylation is 1. The van der Waals surface area contributed by atoms with E-state index in [2.05, 4.69) is 10.1 Å². The lowest BCUT2D eigenvalue weighted by molar-refractivity contribution is -0.793. The first kappa shape index (κ1) is 13.7. The molecule has 6 nitrogen and oxygen atoms in total. The van der Waals surface area contributed by atoms with Gasteiger partial charge in [-0.1, -0.05) is 29.8 Å². The molecule has 2 aliphatic heterocycles. The van der Waals surface area contributed by atoms with Crippen molar-refractivity contribution in [1.29, 1.82) is 0 Å². The molecular weight excluding hydrogens is 282 g/mol. The van der Waals surface area contributed by atoms with Crippen LogP contribution in [0.5, 0.6) is 0 Å². The predicted molar refractivity (Wildman–Crippen MR) is 78.7 cm³/mol. The van der Waals surface area contributed by atoms with Crippen LogP contribution in [0.1, 0.15) is 11.3 Å². The molecule has 2 saturated heterocycles. The smallest absolute Gasteiger partial charge is 0.240 e. The maximum atomic E-state index is 11.9. The topological polar surface area (TPSA) is 65.4 Å². The highest BCUT2D eigenvalue weighted by Gasteiger charge is 2.38. The Morgan fingerprint density at radius 2 is 1.91 bits per heavy atom. The van der Waals surface area contributed by atoms with Crippen LogP contribution in [0.4, 0.5) is 0 Å². The molecule has 0 spiro atoms. The van der Waals surface area contributed by atoms with Crippen molar-refractivity contribution >= 4 is 0 Å². The summed E-state index contributed by atoms with van der Waals surface area (Å²) in [6.07, 6.45) is 0. The summed E-state index contributed by atoms with van der Waals surface area (Å²) in [5, 5.41) is 15.9. The van der Waals surface area contributed by atoms with Crippen molar-refractivity contribution in [3.63, 3.8) is 0 Å². The van der Waals surface area contributed by atoms with E-state index in [1.807, 2.05) is 31.2 Å². The molecule has 0 N–H and O–H groups in total. The number of hydrogen-bond acceptors (Lipinski definition) is 5. The number of likely N-dealkylation sites (tertiary alicyclic amines) is 1. The second kappa shape index (κ2) is 5.37. The minimum Gasteiger partial charge on any atom is -0.381 e. The van der Waals surface area contributed by atoms with E-state index in [0.717, 1.165) is 37.4 Å². The van der Waals surface area contributed by atoms with Gasteiger partial charge in [-0.3, -0.25) is 9.53 Å². The summed E-state index contributed by atoms with van der Waals surface area (Å²) >= 11 is 0. The van der Waals surface area contributed by atoms with Gasteiger partial charge >= 0.3 is 0 Å². The molecule has 4 rings (SSSR count). The average Bonchev–Trinajstić information content (AvgIpc) is 3.16. The molecule has 2 fully saturated rings. The molecule has 2 aliphatic rings. The summed E-state index contributed by atoms with van der Waals surface area (Å²) in [7, 11) is 0. The van der Waals surface area contributed by atoms with E-state index in [1.165, 1.54) is 0 Å². The molecule has 0 aliphatic carbocycles. The zero-order valence-corrected chi connectivity index (χ0v) is 12.6. The number of ether oxygens (including phenoxy) is 1. The van der Waals surface area contributed by atoms with E-state index in [1.54, 1.807) is 0 Å². The molecular formula is C16H19N3O3. The van der Waals surface area contributed by atoms with Crippen LogP contribution in [0.15, 0.2) is 28.9 Å². The zero-order valence-electron chi connectivity index (χ0n) is 12.6. The van der Waals surface area contributed by atoms with Crippen molar-refractivity contribution in [3.8, 4) is 11.3 Å². The summed E-state index contributed by atoms with van der Waals surface area (Å²) in [6.45, 7) is 6.38. The van der Waals surface area contributed by atoms with Crippen molar-refractivity contribution in [3.05, 3.63) is 40.7 Å². The lowest BCUT2D eigenvalue weighted by atomic mass is 10.0. The van der Waals surface area contributed by atoms with E-state index >= 15 is 0 Å². The van der Waals surface area contributed by atoms with Gasteiger partial charge in [-0.2, -0.15) is 0 Å². The second-order valence-corrected chi connectivity index (χ2v) is 6.34. The molecule has 116 valence electrons. The molecule has 2 aromatic rings. The molecule has 1 aromatic carbocycles. The Kier molecular flexibility index (Phi) is 3.35. The van der Waals surface area contributed by atoms with Gasteiger partial charge < -0.3 is 9.94 Å². The standard InChI is InChI=1S/C16H19N3O3/c1-11-2-4-12(5-3-11)16-15(17-22-19(16)20)8-18-6-13-9-21-10-14(13)7-18/h2-5,13-14H,6-10H2,1H3/t13-,14?/m0/s1. The summed E-state index contributed by atoms with van der Waals surface area (Å²) in [6, 6.07) is 7.85. The fraction of sp³-hybridized carbons (Fsp3) is 0.500. The first-order valence-corrected chi connectivity index (χ1v) is 7.66. The van der Waals surface area contributed by atoms with Crippen molar-refractivity contribution in [1.82, 2.24) is 10.1 Å². The summed E-state index contributed by atoms with van der Waals surface area (Å²) in [4.78, 5) is 2.85. The molecule has 1 aromatic heterocycles. The maximum absolute atomic E-state index is 11.9. The summed E-state index contributed by atoms with van der Waals surface area (Å²) in [5.74, 6) is 1.24. The molecule has 2 atom stereocenters. The van der Waals surface area contributed by atoms with Gasteiger partial charge in [0.25, 0.3) is 0 Å². The lowest BCUT2D eigenvalue weighted by Gasteiger charge is -2.13. The molecule has 0 amide bonds. The highest BCUT2D eigenvalue weighted by molar-refractivity contribution is 5.58. The molecule has 3 heterocycles. The van der Waals surface area contributed by atoms with Crippen LogP contribution in [0.3, 0.4) is 0 Å². The average molecular weight is 301 g/mol. The van der Waals surface area contributed by atoms with Crippen LogP contribution in [0.2, 0.25) is 0 Å². The fourth-order valence-corrected chi connectivity index (χ4v) is 3.49. The van der Waals surface area contributed by atoms with Crippen LogP contribution < -0.4 is 4.90 Å². The summed E-state index contributed by atoms with van der Waals surface area (Å²) < 4.78 is 10.3. The zero-order chi connectivity index (χ0) is 15.1. The van der Waals surface area contributed by atoms with Gasteiger partial charge in [0.15, 0.2) is 0 Å². The molecule has 0 bridgehead atoms. The maximum Gasteiger partial charge on any atom is 0.240 e. The van der Waals surface area contributed by atoms with Gasteiger partial charge in [0, 0.05) is 35.6 Å². The first-order chi connectivity index (χ1) is 10.7. The molecule has 0 saturated carbocycles. The van der Waals surface area contributed by atoms with Crippen LogP contribution in [0.25, 0.3) is 11.3 Å². The van der Waals surface area contributed by atoms with E-state index in [0.29, 0.717) is 34.7 Å². The van der Waals surface area contributed by atoms with Crippen LogP contribution >= 0.6 is 0 Å². The summed E-state index contributed by atoms with van der Waals surface area (Å²) in [5.41, 5.74) is 3.24. The van der Waals surface area contributed by atoms with Gasteiger partial charge in [-0.15, -0.1) is 0 Å². The lowest BCUT2D eigenvalue weighted by Crippen LogP contribution is -2.27. The number of fused-ring (bicyclic) bond motifs is 1. The third kappa shape index (κ3) is 2.38. The highest BCUT2D eigenvalue weighted by Crippen LogP contribution is 2.31. The Hall–Kier alpha value is -1.92. The van der Waals surface area contributed by atoms with E-state index in [9.17, 15) is 5.21 Å². The Morgan fingerprint density at radius 3 is 2.59 bits per heavy atom. The van der Waals surface area contributed by atoms with Crippen molar-refractivity contribution in [2.45, 2.75) is 13.5 Å². The van der Waals surface area contributed by atoms with Crippen LogP contribution in [-0.2, 0) is 11.3 Å². The normalized spacial score (nSPS) is 24.8. The molecule has 0 radical (unpaired) electrons. The number of nitrogens with zero attached hydrogens (tertiary/aromatic N) is 3. The number of hydrogen-bond donors (Lipinski definition) is 0. The van der Waals surface area contributed by atoms with Crippen molar-refractivity contribution in [2.24, 2.45) is 11.8 Å². The predicted octanol–water partition coefficient (Wildman–Crippen LogP) is 1.36. The largest absolute Gasteiger partial charge is 0.381 e. The number of benzene rings is 1. The number of rotatable bonds is 3. The third-order valence-electron chi connectivity index (χ3n) is 4.70. The van der Waals surface area contributed by atoms with Crippen molar-refractivity contribution in [2.75, 3.05) is 26.3 Å². The van der Waals surface area contributed by atoms with Gasteiger partial charge in [-0.25, -0.2) is 0 Å². The highest BCUT2D eigenvalue weighted by atomic mass is 16.8. The molecule has 1 unspecified atom stereocenters. The Morgan fingerprint density at radius 1 is 1.23 bits per heavy atom. The van der Waals surface area contributed by atoms with E-state index in [4.69, 9.17) is 9.37 Å². The molecule has 6 heteroatoms. The van der Waals surface area contributed by atoms with Crippen molar-refractivity contribution < 1.29 is 14.3 Å². The first-order valence-electron chi connectivity index (χ1n) is 7.66. The van der Waals surface area contributed by atoms with Gasteiger partial charge in [0.2, 0.25) is 11.4 Å². The SMILES string of the molecule is Cc1ccc(-c2c(CN3CC4COC[C@@H]4C3)no[n+]2[O-])cc1. The fourth-order valence-electron chi connectivity index (χ4n) is 3.49. The van der Waals surface area contributed by atoms with E-state index < -0.39 is 0 Å². The number of aromatic nitrogens is 2. The van der Waals surface area contributed by atoms with Gasteiger partial charge in [0.1, 0.15) is 0 Å². The Balaban J connectivity index is 1.57. The second-order valence-electron chi connectivity index (χ2n) is 6.34. The van der Waals surface area contributed by atoms with E-state index in [-0.39, 0.29) is 0 Å². The monoisotopic (exact) mass is 301 g/mol. The van der Waals surface area contributed by atoms with Crippen LogP contribution in [-0.4, -0.2) is 36.4 Å². The van der Waals surface area contributed by atoms with Gasteiger partial charge in [-0.05, 0) is 11.8 Å². The quantitative estimate of drug-likeness (QED) is 0.801. The van der Waals surface area contributed by atoms with Crippen LogP contribution in [0, 0.1) is 24.0 Å². The Labute approximate surface area is 128 Å². The van der Waals surface area contributed by atoms with Gasteiger partial charge in [0.05, 0.1) is 19.8 Å². The third-order valence-corrected chi connectivity index (χ3v) is 4.70. The molecule has 22 heavy (non-hydrogen) atoms.